The number of carbonyl (C=O) groups excluding carboxylic acids is 1. The van der Waals surface area contributed by atoms with Gasteiger partial charge in [-0.1, -0.05) is 0 Å². The SMILES string of the molecule is CC(C)N(CC(=O)O)C(=O)N1CCCCC1C. The summed E-state index contributed by atoms with van der Waals surface area (Å²) in [6, 6.07) is -0.0198. The standard InChI is InChI=1S/C12H22N2O3/c1-9(2)14(8-11(15)16)12(17)13-7-5-4-6-10(13)3/h9-10H,4-8H2,1-3H3,(H,15,16). The Kier molecular flexibility index (Phi) is 4.78. The molecule has 1 aliphatic rings. The highest BCUT2D eigenvalue weighted by molar-refractivity contribution is 5.80. The number of carbonyl (C=O) groups is 2. The van der Waals surface area contributed by atoms with Crippen molar-refractivity contribution >= 4 is 12.0 Å². The number of rotatable bonds is 3. The molecule has 0 bridgehead atoms. The van der Waals surface area contributed by atoms with E-state index in [1.165, 1.54) is 4.90 Å². The average molecular weight is 242 g/mol. The molecule has 5 nitrogen and oxygen atoms in total. The van der Waals surface area contributed by atoms with E-state index >= 15 is 0 Å². The summed E-state index contributed by atoms with van der Waals surface area (Å²) in [6.07, 6.45) is 3.16. The lowest BCUT2D eigenvalue weighted by Gasteiger charge is -2.38. The molecule has 0 aliphatic carbocycles. The maximum absolute atomic E-state index is 12.3. The number of urea groups is 1. The van der Waals surface area contributed by atoms with Gasteiger partial charge in [-0.05, 0) is 40.0 Å². The summed E-state index contributed by atoms with van der Waals surface area (Å²) in [7, 11) is 0. The largest absolute Gasteiger partial charge is 0.480 e. The predicted molar refractivity (Wildman–Crippen MR) is 64.9 cm³/mol. The first-order valence-corrected chi connectivity index (χ1v) is 6.22. The fourth-order valence-electron chi connectivity index (χ4n) is 2.16. The fourth-order valence-corrected chi connectivity index (χ4v) is 2.16. The fraction of sp³-hybridized carbons (Fsp3) is 0.833. The highest BCUT2D eigenvalue weighted by Gasteiger charge is 2.29. The van der Waals surface area contributed by atoms with Crippen LogP contribution in [-0.4, -0.2) is 52.1 Å². The van der Waals surface area contributed by atoms with Gasteiger partial charge in [0.05, 0.1) is 0 Å². The van der Waals surface area contributed by atoms with Crippen LogP contribution >= 0.6 is 0 Å². The van der Waals surface area contributed by atoms with Crippen molar-refractivity contribution in [2.75, 3.05) is 13.1 Å². The van der Waals surface area contributed by atoms with Crippen molar-refractivity contribution in [3.05, 3.63) is 0 Å². The number of piperidine rings is 1. The van der Waals surface area contributed by atoms with E-state index in [0.717, 1.165) is 25.8 Å². The average Bonchev–Trinajstić information content (AvgIpc) is 2.25. The summed E-state index contributed by atoms with van der Waals surface area (Å²) in [5.41, 5.74) is 0. The van der Waals surface area contributed by atoms with E-state index in [1.54, 1.807) is 4.90 Å². The molecule has 0 radical (unpaired) electrons. The lowest BCUT2D eigenvalue weighted by molar-refractivity contribution is -0.138. The summed E-state index contributed by atoms with van der Waals surface area (Å²) in [5, 5.41) is 8.83. The molecule has 0 spiro atoms. The Hall–Kier alpha value is -1.26. The third-order valence-electron chi connectivity index (χ3n) is 3.22. The van der Waals surface area contributed by atoms with Crippen LogP contribution in [0.25, 0.3) is 0 Å². The van der Waals surface area contributed by atoms with Crippen LogP contribution in [0.15, 0.2) is 0 Å². The number of carboxylic acid groups (broad SMARTS) is 1. The van der Waals surface area contributed by atoms with Gasteiger partial charge in [-0.3, -0.25) is 4.79 Å². The molecule has 0 aromatic rings. The zero-order valence-electron chi connectivity index (χ0n) is 10.8. The lowest BCUT2D eigenvalue weighted by atomic mass is 10.0. The summed E-state index contributed by atoms with van der Waals surface area (Å²) >= 11 is 0. The molecular weight excluding hydrogens is 220 g/mol. The Bertz CT molecular complexity index is 291. The van der Waals surface area contributed by atoms with Gasteiger partial charge < -0.3 is 14.9 Å². The summed E-state index contributed by atoms with van der Waals surface area (Å²) < 4.78 is 0. The number of nitrogens with zero attached hydrogens (tertiary/aromatic N) is 2. The molecule has 1 saturated heterocycles. The van der Waals surface area contributed by atoms with Crippen molar-refractivity contribution in [1.82, 2.24) is 9.80 Å². The first-order chi connectivity index (χ1) is 7.93. The molecule has 1 heterocycles. The minimum Gasteiger partial charge on any atom is -0.480 e. The van der Waals surface area contributed by atoms with Crippen molar-refractivity contribution in [1.29, 1.82) is 0 Å². The molecule has 1 rings (SSSR count). The van der Waals surface area contributed by atoms with Crippen LogP contribution in [-0.2, 0) is 4.79 Å². The van der Waals surface area contributed by atoms with Crippen LogP contribution in [0.5, 0.6) is 0 Å². The van der Waals surface area contributed by atoms with Gasteiger partial charge in [0.25, 0.3) is 0 Å². The van der Waals surface area contributed by atoms with E-state index in [0.29, 0.717) is 0 Å². The minimum absolute atomic E-state index is 0.0901. The molecule has 0 aromatic heterocycles. The summed E-state index contributed by atoms with van der Waals surface area (Å²) in [5.74, 6) is -0.961. The first kappa shape index (κ1) is 13.8. The van der Waals surface area contributed by atoms with Crippen LogP contribution in [0.1, 0.15) is 40.0 Å². The molecule has 17 heavy (non-hydrogen) atoms. The Balaban J connectivity index is 2.72. The van der Waals surface area contributed by atoms with Gasteiger partial charge in [-0.15, -0.1) is 0 Å². The van der Waals surface area contributed by atoms with Gasteiger partial charge in [0, 0.05) is 18.6 Å². The molecule has 1 unspecified atom stereocenters. The van der Waals surface area contributed by atoms with Crippen molar-refractivity contribution in [3.8, 4) is 0 Å². The second kappa shape index (κ2) is 5.89. The van der Waals surface area contributed by atoms with Gasteiger partial charge in [0.15, 0.2) is 0 Å². The number of hydrogen-bond acceptors (Lipinski definition) is 2. The topological polar surface area (TPSA) is 60.9 Å². The van der Waals surface area contributed by atoms with Crippen LogP contribution in [0, 0.1) is 0 Å². The number of likely N-dealkylation sites (tertiary alicyclic amines) is 1. The molecular formula is C12H22N2O3. The van der Waals surface area contributed by atoms with E-state index in [4.69, 9.17) is 5.11 Å². The molecule has 98 valence electrons. The predicted octanol–water partition coefficient (Wildman–Crippen LogP) is 1.78. The maximum atomic E-state index is 12.3. The Morgan fingerprint density at radius 1 is 1.41 bits per heavy atom. The molecule has 0 aromatic carbocycles. The molecule has 1 atom stereocenters. The van der Waals surface area contributed by atoms with Crippen LogP contribution in [0.2, 0.25) is 0 Å². The third-order valence-corrected chi connectivity index (χ3v) is 3.22. The molecule has 1 N–H and O–H groups in total. The normalized spacial score (nSPS) is 20.5. The molecule has 0 saturated carbocycles. The van der Waals surface area contributed by atoms with E-state index in [2.05, 4.69) is 0 Å². The molecule has 2 amide bonds. The Labute approximate surface area is 102 Å². The smallest absolute Gasteiger partial charge is 0.323 e. The Morgan fingerprint density at radius 3 is 2.53 bits per heavy atom. The highest BCUT2D eigenvalue weighted by atomic mass is 16.4. The van der Waals surface area contributed by atoms with Gasteiger partial charge in [0.1, 0.15) is 6.54 Å². The second-order valence-corrected chi connectivity index (χ2v) is 4.94. The molecule has 1 fully saturated rings. The van der Waals surface area contributed by atoms with Crippen molar-refractivity contribution in [2.45, 2.75) is 52.1 Å². The maximum Gasteiger partial charge on any atom is 0.323 e. The summed E-state index contributed by atoms with van der Waals surface area (Å²) in [6.45, 7) is 6.23. The van der Waals surface area contributed by atoms with Crippen molar-refractivity contribution < 1.29 is 14.7 Å². The molecule has 1 aliphatic heterocycles. The van der Waals surface area contributed by atoms with Crippen molar-refractivity contribution in [3.63, 3.8) is 0 Å². The van der Waals surface area contributed by atoms with Gasteiger partial charge in [-0.25, -0.2) is 4.79 Å². The van der Waals surface area contributed by atoms with Crippen LogP contribution in [0.4, 0.5) is 4.79 Å². The molecule has 5 heteroatoms. The van der Waals surface area contributed by atoms with E-state index in [9.17, 15) is 9.59 Å². The van der Waals surface area contributed by atoms with E-state index < -0.39 is 5.97 Å². The van der Waals surface area contributed by atoms with E-state index in [-0.39, 0.29) is 24.7 Å². The van der Waals surface area contributed by atoms with Crippen molar-refractivity contribution in [2.24, 2.45) is 0 Å². The number of aliphatic carboxylic acids is 1. The van der Waals surface area contributed by atoms with Crippen LogP contribution in [0.3, 0.4) is 0 Å². The monoisotopic (exact) mass is 242 g/mol. The van der Waals surface area contributed by atoms with E-state index in [1.807, 2.05) is 20.8 Å². The van der Waals surface area contributed by atoms with Gasteiger partial charge in [0.2, 0.25) is 0 Å². The quantitative estimate of drug-likeness (QED) is 0.820. The van der Waals surface area contributed by atoms with Gasteiger partial charge in [-0.2, -0.15) is 0 Å². The summed E-state index contributed by atoms with van der Waals surface area (Å²) in [4.78, 5) is 26.3. The third kappa shape index (κ3) is 3.61. The first-order valence-electron chi connectivity index (χ1n) is 6.22. The van der Waals surface area contributed by atoms with Crippen LogP contribution < -0.4 is 0 Å². The number of carboxylic acids is 1. The second-order valence-electron chi connectivity index (χ2n) is 4.94. The Morgan fingerprint density at radius 2 is 2.06 bits per heavy atom. The lowest BCUT2D eigenvalue weighted by Crippen LogP contribution is -2.52. The highest BCUT2D eigenvalue weighted by Crippen LogP contribution is 2.18. The minimum atomic E-state index is -0.961. The number of amides is 2. The van der Waals surface area contributed by atoms with Gasteiger partial charge >= 0.3 is 12.0 Å². The zero-order chi connectivity index (χ0) is 13.0. The number of hydrogen-bond donors (Lipinski definition) is 1. The zero-order valence-corrected chi connectivity index (χ0v) is 10.8.